The summed E-state index contributed by atoms with van der Waals surface area (Å²) in [6.45, 7) is 3.98. The second-order valence-corrected chi connectivity index (χ2v) is 7.78. The first-order valence-corrected chi connectivity index (χ1v) is 10.2. The van der Waals surface area contributed by atoms with Gasteiger partial charge in [-0.3, -0.25) is 9.59 Å². The Bertz CT molecular complexity index is 886. The molecule has 2 aromatic rings. The fourth-order valence-electron chi connectivity index (χ4n) is 4.35. The number of rotatable bonds is 5. The normalized spacial score (nSPS) is 23.7. The Morgan fingerprint density at radius 2 is 1.83 bits per heavy atom. The first-order chi connectivity index (χ1) is 14.1. The summed E-state index contributed by atoms with van der Waals surface area (Å²) in [7, 11) is 0. The van der Waals surface area contributed by atoms with Crippen molar-refractivity contribution >= 4 is 17.5 Å². The summed E-state index contributed by atoms with van der Waals surface area (Å²) in [6, 6.07) is 17.7. The molecule has 2 aliphatic rings. The van der Waals surface area contributed by atoms with E-state index in [0.717, 1.165) is 5.69 Å². The van der Waals surface area contributed by atoms with Crippen LogP contribution < -0.4 is 15.4 Å². The number of fused-ring (bicyclic) bond motifs is 1. The van der Waals surface area contributed by atoms with Crippen molar-refractivity contribution in [2.75, 3.05) is 31.1 Å². The third kappa shape index (κ3) is 3.85. The van der Waals surface area contributed by atoms with Crippen LogP contribution in [0.5, 0.6) is 5.75 Å². The summed E-state index contributed by atoms with van der Waals surface area (Å²) in [5, 5.41) is 0. The van der Waals surface area contributed by atoms with Crippen LogP contribution in [-0.4, -0.2) is 49.0 Å². The predicted molar refractivity (Wildman–Crippen MR) is 112 cm³/mol. The molecular formula is C23H27N3O3. The van der Waals surface area contributed by atoms with E-state index >= 15 is 0 Å². The van der Waals surface area contributed by atoms with Crippen LogP contribution in [0.25, 0.3) is 0 Å². The van der Waals surface area contributed by atoms with Gasteiger partial charge >= 0.3 is 0 Å². The van der Waals surface area contributed by atoms with Crippen LogP contribution in [-0.2, 0) is 9.59 Å². The second-order valence-electron chi connectivity index (χ2n) is 7.78. The summed E-state index contributed by atoms with van der Waals surface area (Å²) in [5.74, 6) is 1.15. The lowest BCUT2D eigenvalue weighted by Crippen LogP contribution is -2.46. The Morgan fingerprint density at radius 3 is 2.59 bits per heavy atom. The standard InChI is InChI=1S/C23H27N3O3/c1-16-23(28)26(20-9-5-6-10-21(20)29-16)12-11-22(27)25-14-18(13-24)19(15-25)17-7-3-2-4-8-17/h2-10,16,18-19H,11-15,24H2,1H3/t16?,18-,19+/m1/s1. The quantitative estimate of drug-likeness (QED) is 0.846. The topological polar surface area (TPSA) is 75.9 Å². The lowest BCUT2D eigenvalue weighted by molar-refractivity contribution is -0.130. The Labute approximate surface area is 171 Å². The van der Waals surface area contributed by atoms with Crippen molar-refractivity contribution in [1.82, 2.24) is 4.90 Å². The molecule has 2 amide bonds. The lowest BCUT2D eigenvalue weighted by atomic mass is 9.89. The van der Waals surface area contributed by atoms with Crippen molar-refractivity contribution in [2.24, 2.45) is 11.7 Å². The molecule has 0 saturated carbocycles. The van der Waals surface area contributed by atoms with Crippen molar-refractivity contribution in [1.29, 1.82) is 0 Å². The van der Waals surface area contributed by atoms with E-state index in [4.69, 9.17) is 10.5 Å². The van der Waals surface area contributed by atoms with Gasteiger partial charge in [0.25, 0.3) is 5.91 Å². The van der Waals surface area contributed by atoms with Crippen LogP contribution in [0.15, 0.2) is 54.6 Å². The Balaban J connectivity index is 1.43. The van der Waals surface area contributed by atoms with E-state index in [-0.39, 0.29) is 30.1 Å². The molecule has 2 N–H and O–H groups in total. The number of amides is 2. The Kier molecular flexibility index (Phi) is 5.53. The van der Waals surface area contributed by atoms with Crippen molar-refractivity contribution in [3.63, 3.8) is 0 Å². The molecule has 1 fully saturated rings. The van der Waals surface area contributed by atoms with Gasteiger partial charge < -0.3 is 20.3 Å². The minimum atomic E-state index is -0.545. The monoisotopic (exact) mass is 393 g/mol. The van der Waals surface area contributed by atoms with Gasteiger partial charge in [-0.05, 0) is 37.1 Å². The Morgan fingerprint density at radius 1 is 1.10 bits per heavy atom. The van der Waals surface area contributed by atoms with Crippen LogP contribution in [0, 0.1) is 5.92 Å². The molecule has 6 heteroatoms. The highest BCUT2D eigenvalue weighted by molar-refractivity contribution is 6.00. The van der Waals surface area contributed by atoms with Gasteiger partial charge in [-0.25, -0.2) is 0 Å². The van der Waals surface area contributed by atoms with Crippen LogP contribution >= 0.6 is 0 Å². The highest BCUT2D eigenvalue weighted by atomic mass is 16.5. The highest BCUT2D eigenvalue weighted by Crippen LogP contribution is 2.35. The number of carbonyl (C=O) groups is 2. The number of anilines is 1. The summed E-state index contributed by atoms with van der Waals surface area (Å²) >= 11 is 0. The van der Waals surface area contributed by atoms with E-state index in [1.54, 1.807) is 11.8 Å². The first kappa shape index (κ1) is 19.5. The van der Waals surface area contributed by atoms with Crippen molar-refractivity contribution < 1.29 is 14.3 Å². The van der Waals surface area contributed by atoms with E-state index in [2.05, 4.69) is 12.1 Å². The molecule has 0 bridgehead atoms. The molecule has 3 atom stereocenters. The third-order valence-electron chi connectivity index (χ3n) is 5.95. The minimum Gasteiger partial charge on any atom is -0.479 e. The van der Waals surface area contributed by atoms with E-state index in [1.165, 1.54) is 5.56 Å². The zero-order valence-electron chi connectivity index (χ0n) is 16.7. The van der Waals surface area contributed by atoms with Gasteiger partial charge in [0.2, 0.25) is 5.91 Å². The van der Waals surface area contributed by atoms with Gasteiger partial charge in [0.15, 0.2) is 6.10 Å². The molecule has 152 valence electrons. The van der Waals surface area contributed by atoms with Crippen molar-refractivity contribution in [2.45, 2.75) is 25.4 Å². The SMILES string of the molecule is CC1Oc2ccccc2N(CCC(=O)N2C[C@@H](CN)[C@H](c3ccccc3)C2)C1=O. The number of carbonyl (C=O) groups excluding carboxylic acids is 2. The first-order valence-electron chi connectivity index (χ1n) is 10.2. The minimum absolute atomic E-state index is 0.0614. The number of likely N-dealkylation sites (tertiary alicyclic amines) is 1. The molecule has 1 saturated heterocycles. The Hall–Kier alpha value is -2.86. The molecule has 2 aliphatic heterocycles. The summed E-state index contributed by atoms with van der Waals surface area (Å²) < 4.78 is 5.67. The maximum Gasteiger partial charge on any atom is 0.267 e. The molecular weight excluding hydrogens is 366 g/mol. The van der Waals surface area contributed by atoms with E-state index < -0.39 is 6.10 Å². The second kappa shape index (κ2) is 8.25. The zero-order valence-corrected chi connectivity index (χ0v) is 16.7. The fraction of sp³-hybridized carbons (Fsp3) is 0.391. The number of para-hydroxylation sites is 2. The van der Waals surface area contributed by atoms with Gasteiger partial charge in [0.05, 0.1) is 5.69 Å². The van der Waals surface area contributed by atoms with Crippen molar-refractivity contribution in [3.05, 3.63) is 60.2 Å². The zero-order chi connectivity index (χ0) is 20.4. The van der Waals surface area contributed by atoms with Gasteiger partial charge in [-0.15, -0.1) is 0 Å². The van der Waals surface area contributed by atoms with E-state index in [0.29, 0.717) is 31.9 Å². The van der Waals surface area contributed by atoms with Crippen LogP contribution in [0.4, 0.5) is 5.69 Å². The van der Waals surface area contributed by atoms with E-state index in [1.807, 2.05) is 47.4 Å². The molecule has 6 nitrogen and oxygen atoms in total. The smallest absolute Gasteiger partial charge is 0.267 e. The molecule has 4 rings (SSSR count). The van der Waals surface area contributed by atoms with Gasteiger partial charge in [-0.1, -0.05) is 42.5 Å². The molecule has 1 unspecified atom stereocenters. The van der Waals surface area contributed by atoms with Crippen LogP contribution in [0.2, 0.25) is 0 Å². The fourth-order valence-corrected chi connectivity index (χ4v) is 4.35. The molecule has 0 radical (unpaired) electrons. The van der Waals surface area contributed by atoms with Crippen LogP contribution in [0.3, 0.4) is 0 Å². The number of benzene rings is 2. The highest BCUT2D eigenvalue weighted by Gasteiger charge is 2.36. The maximum atomic E-state index is 12.9. The number of nitrogens with zero attached hydrogens (tertiary/aromatic N) is 2. The lowest BCUT2D eigenvalue weighted by Gasteiger charge is -2.33. The van der Waals surface area contributed by atoms with Gasteiger partial charge in [0.1, 0.15) is 5.75 Å². The molecule has 2 aromatic carbocycles. The van der Waals surface area contributed by atoms with Crippen LogP contribution in [0.1, 0.15) is 24.8 Å². The van der Waals surface area contributed by atoms with Gasteiger partial charge in [0, 0.05) is 32.0 Å². The maximum absolute atomic E-state index is 12.9. The average Bonchev–Trinajstić information content (AvgIpc) is 3.19. The molecule has 0 aliphatic carbocycles. The largest absolute Gasteiger partial charge is 0.479 e. The van der Waals surface area contributed by atoms with E-state index in [9.17, 15) is 9.59 Å². The summed E-state index contributed by atoms with van der Waals surface area (Å²) in [5.41, 5.74) is 7.95. The predicted octanol–water partition coefficient (Wildman–Crippen LogP) is 2.39. The number of hydrogen-bond donors (Lipinski definition) is 1. The van der Waals surface area contributed by atoms with Crippen molar-refractivity contribution in [3.8, 4) is 5.75 Å². The van der Waals surface area contributed by atoms with Gasteiger partial charge in [-0.2, -0.15) is 0 Å². The number of nitrogens with two attached hydrogens (primary N) is 1. The number of ether oxygens (including phenoxy) is 1. The molecule has 2 heterocycles. The molecule has 29 heavy (non-hydrogen) atoms. The number of hydrogen-bond acceptors (Lipinski definition) is 4. The summed E-state index contributed by atoms with van der Waals surface area (Å²) in [4.78, 5) is 29.1. The molecule has 0 aromatic heterocycles. The summed E-state index contributed by atoms with van der Waals surface area (Å²) in [6.07, 6.45) is -0.262. The third-order valence-corrected chi connectivity index (χ3v) is 5.95. The average molecular weight is 393 g/mol. The molecule has 0 spiro atoms.